The van der Waals surface area contributed by atoms with Crippen LogP contribution in [-0.4, -0.2) is 47.9 Å². The molecular weight excluding hydrogens is 396 g/mol. The first kappa shape index (κ1) is 20.6. The number of hydrogen-bond donors (Lipinski definition) is 1. The van der Waals surface area contributed by atoms with Crippen LogP contribution in [0.15, 0.2) is 46.5 Å². The summed E-state index contributed by atoms with van der Waals surface area (Å²) in [6.07, 6.45) is 2.54. The van der Waals surface area contributed by atoms with Crippen molar-refractivity contribution >= 4 is 34.6 Å². The molecule has 2 heterocycles. The summed E-state index contributed by atoms with van der Waals surface area (Å²) in [6.45, 7) is 6.36. The Balaban J connectivity index is 1.71. The molecule has 7 heteroatoms. The summed E-state index contributed by atoms with van der Waals surface area (Å²) < 4.78 is 0. The van der Waals surface area contributed by atoms with Crippen LogP contribution in [-0.2, 0) is 9.63 Å². The zero-order chi connectivity index (χ0) is 20.1. The van der Waals surface area contributed by atoms with Crippen LogP contribution in [0.4, 0.5) is 0 Å². The first-order valence-electron chi connectivity index (χ1n) is 9.11. The summed E-state index contributed by atoms with van der Waals surface area (Å²) in [7, 11) is 0. The van der Waals surface area contributed by atoms with Crippen molar-refractivity contribution < 1.29 is 14.7 Å². The van der Waals surface area contributed by atoms with Crippen LogP contribution in [0.3, 0.4) is 0 Å². The van der Waals surface area contributed by atoms with E-state index < -0.39 is 5.97 Å². The minimum atomic E-state index is -0.850. The summed E-state index contributed by atoms with van der Waals surface area (Å²) in [5, 5.41) is 16.3. The molecule has 28 heavy (non-hydrogen) atoms. The molecule has 0 aliphatic carbocycles. The molecule has 1 aromatic carbocycles. The van der Waals surface area contributed by atoms with E-state index in [1.165, 1.54) is 0 Å². The Bertz CT molecular complexity index is 920. The molecule has 1 aliphatic heterocycles. The van der Waals surface area contributed by atoms with Crippen molar-refractivity contribution in [2.75, 3.05) is 26.2 Å². The molecule has 0 fully saturated rings. The fourth-order valence-corrected chi connectivity index (χ4v) is 4.30. The van der Waals surface area contributed by atoms with Crippen LogP contribution < -0.4 is 0 Å². The molecule has 148 valence electrons. The second kappa shape index (κ2) is 9.37. The number of rotatable bonds is 7. The highest BCUT2D eigenvalue weighted by atomic mass is 35.5. The lowest BCUT2D eigenvalue weighted by molar-refractivity contribution is -0.133. The number of thiophene rings is 1. The summed E-state index contributed by atoms with van der Waals surface area (Å²) >= 11 is 7.73. The Morgan fingerprint density at radius 3 is 2.82 bits per heavy atom. The van der Waals surface area contributed by atoms with Crippen LogP contribution >= 0.6 is 22.9 Å². The lowest BCUT2D eigenvalue weighted by atomic mass is 10.0. The number of benzene rings is 1. The molecule has 1 aliphatic rings. The average Bonchev–Trinajstić information content (AvgIpc) is 3.08. The highest BCUT2D eigenvalue weighted by molar-refractivity contribution is 7.12. The molecule has 2 aromatic rings. The Kier molecular flexibility index (Phi) is 6.88. The second-order valence-corrected chi connectivity index (χ2v) is 8.12. The molecule has 0 amide bonds. The van der Waals surface area contributed by atoms with Crippen molar-refractivity contribution in [1.29, 1.82) is 0 Å². The van der Waals surface area contributed by atoms with Gasteiger partial charge in [-0.2, -0.15) is 0 Å². The van der Waals surface area contributed by atoms with Crippen molar-refractivity contribution in [2.24, 2.45) is 5.16 Å². The molecule has 1 N–H and O–H groups in total. The molecule has 0 radical (unpaired) electrons. The molecule has 0 spiro atoms. The van der Waals surface area contributed by atoms with E-state index in [0.29, 0.717) is 30.3 Å². The summed E-state index contributed by atoms with van der Waals surface area (Å²) in [5.41, 5.74) is 4.42. The summed E-state index contributed by atoms with van der Waals surface area (Å²) in [6, 6.07) is 7.81. The lowest BCUT2D eigenvalue weighted by Crippen LogP contribution is -2.34. The topological polar surface area (TPSA) is 62.1 Å². The smallest absolute Gasteiger partial charge is 0.332 e. The second-order valence-electron chi connectivity index (χ2n) is 6.76. The zero-order valence-electron chi connectivity index (χ0n) is 15.9. The maximum absolute atomic E-state index is 11.1. The maximum Gasteiger partial charge on any atom is 0.332 e. The molecule has 3 rings (SSSR count). The van der Waals surface area contributed by atoms with Crippen molar-refractivity contribution in [1.82, 2.24) is 4.90 Å². The van der Waals surface area contributed by atoms with E-state index in [1.54, 1.807) is 17.4 Å². The first-order chi connectivity index (χ1) is 13.5. The largest absolute Gasteiger partial charge is 0.478 e. The minimum Gasteiger partial charge on any atom is -0.478 e. The molecule has 5 nitrogen and oxygen atoms in total. The molecule has 0 saturated carbocycles. The van der Waals surface area contributed by atoms with Crippen molar-refractivity contribution in [2.45, 2.75) is 20.3 Å². The fraction of sp³-hybridized carbons (Fsp3) is 0.333. The Morgan fingerprint density at radius 1 is 1.32 bits per heavy atom. The third kappa shape index (κ3) is 5.01. The predicted octanol–water partition coefficient (Wildman–Crippen LogP) is 4.50. The number of oxime groups is 1. The van der Waals surface area contributed by atoms with E-state index in [0.717, 1.165) is 40.2 Å². The highest BCUT2D eigenvalue weighted by Gasteiger charge is 2.18. The molecule has 0 unspecified atom stereocenters. The summed E-state index contributed by atoms with van der Waals surface area (Å²) in [4.78, 5) is 19.9. The van der Waals surface area contributed by atoms with Gasteiger partial charge in [0.25, 0.3) is 0 Å². The van der Waals surface area contributed by atoms with Gasteiger partial charge >= 0.3 is 5.97 Å². The van der Waals surface area contributed by atoms with E-state index in [-0.39, 0.29) is 0 Å². The van der Waals surface area contributed by atoms with E-state index in [4.69, 9.17) is 21.5 Å². The van der Waals surface area contributed by atoms with Gasteiger partial charge in [-0.25, -0.2) is 4.79 Å². The van der Waals surface area contributed by atoms with Crippen molar-refractivity contribution in [3.05, 3.63) is 67.9 Å². The minimum absolute atomic E-state index is 0.396. The molecule has 1 aromatic heterocycles. The van der Waals surface area contributed by atoms with Gasteiger partial charge in [0, 0.05) is 35.8 Å². The van der Waals surface area contributed by atoms with Crippen LogP contribution in [0.1, 0.15) is 28.0 Å². The molecule has 0 saturated heterocycles. The van der Waals surface area contributed by atoms with Gasteiger partial charge < -0.3 is 9.94 Å². The molecule has 0 atom stereocenters. The monoisotopic (exact) mass is 418 g/mol. The van der Waals surface area contributed by atoms with E-state index in [2.05, 4.69) is 23.0 Å². The lowest BCUT2D eigenvalue weighted by Gasteiger charge is -2.24. The standard InChI is InChI=1S/C21H23ClN2O3S/c1-14-7-11-28-20(14)19(18-6-5-17(22)12-15(18)2)23-27-10-9-24-8-3-4-16(13-24)21(25)26/h4-7,11-12H,3,8-10,13H2,1-2H3,(H,25,26)/b23-19+. The van der Waals surface area contributed by atoms with Gasteiger partial charge in [0.2, 0.25) is 0 Å². The number of carboxylic acid groups (broad SMARTS) is 1. The van der Waals surface area contributed by atoms with Gasteiger partial charge in [-0.15, -0.1) is 11.3 Å². The first-order valence-corrected chi connectivity index (χ1v) is 10.4. The predicted molar refractivity (Wildman–Crippen MR) is 114 cm³/mol. The number of aliphatic carboxylic acids is 1. The number of halogens is 1. The van der Waals surface area contributed by atoms with Crippen LogP contribution in [0, 0.1) is 13.8 Å². The number of carbonyl (C=O) groups is 1. The Labute approximate surface area is 173 Å². The zero-order valence-corrected chi connectivity index (χ0v) is 17.5. The fourth-order valence-electron chi connectivity index (χ4n) is 3.15. The third-order valence-electron chi connectivity index (χ3n) is 4.68. The number of nitrogens with zero attached hydrogens (tertiary/aromatic N) is 2. The van der Waals surface area contributed by atoms with Crippen LogP contribution in [0.5, 0.6) is 0 Å². The SMILES string of the molecule is Cc1cc(Cl)ccc1/C(=N\OCCN1CCC=C(C(=O)O)C1)c1sccc1C. The van der Waals surface area contributed by atoms with Gasteiger partial charge in [0.05, 0.1) is 4.88 Å². The van der Waals surface area contributed by atoms with E-state index in [9.17, 15) is 4.79 Å². The van der Waals surface area contributed by atoms with Gasteiger partial charge in [-0.05, 0) is 55.0 Å². The van der Waals surface area contributed by atoms with Gasteiger partial charge in [-0.1, -0.05) is 28.9 Å². The van der Waals surface area contributed by atoms with Gasteiger partial charge in [-0.3, -0.25) is 4.90 Å². The Morgan fingerprint density at radius 2 is 2.14 bits per heavy atom. The number of hydrogen-bond acceptors (Lipinski definition) is 5. The number of aryl methyl sites for hydroxylation is 2. The third-order valence-corrected chi connectivity index (χ3v) is 5.94. The van der Waals surface area contributed by atoms with Crippen molar-refractivity contribution in [3.8, 4) is 0 Å². The maximum atomic E-state index is 11.1. The number of carboxylic acids is 1. The van der Waals surface area contributed by atoms with E-state index >= 15 is 0 Å². The van der Waals surface area contributed by atoms with Gasteiger partial charge in [0.1, 0.15) is 12.3 Å². The quantitative estimate of drug-likeness (QED) is 0.408. The van der Waals surface area contributed by atoms with Crippen LogP contribution in [0.25, 0.3) is 0 Å². The van der Waals surface area contributed by atoms with Crippen LogP contribution in [0.2, 0.25) is 5.02 Å². The normalized spacial score (nSPS) is 15.4. The Hall–Kier alpha value is -2.15. The summed E-state index contributed by atoms with van der Waals surface area (Å²) in [5.74, 6) is -0.850. The molecular formula is C21H23ClN2O3S. The van der Waals surface area contributed by atoms with E-state index in [1.807, 2.05) is 30.5 Å². The molecule has 0 bridgehead atoms. The van der Waals surface area contributed by atoms with Gasteiger partial charge in [0.15, 0.2) is 0 Å². The van der Waals surface area contributed by atoms with Crippen molar-refractivity contribution in [3.63, 3.8) is 0 Å². The average molecular weight is 419 g/mol. The highest BCUT2D eigenvalue weighted by Crippen LogP contribution is 2.24.